The van der Waals surface area contributed by atoms with Crippen LogP contribution in [0.25, 0.3) is 0 Å². The van der Waals surface area contributed by atoms with Crippen LogP contribution in [0.3, 0.4) is 0 Å². The summed E-state index contributed by atoms with van der Waals surface area (Å²) in [5, 5.41) is 2.70. The lowest BCUT2D eigenvalue weighted by atomic mass is 10.1. The van der Waals surface area contributed by atoms with E-state index in [1.54, 1.807) is 31.2 Å². The highest BCUT2D eigenvalue weighted by atomic mass is 79.9. The zero-order valence-corrected chi connectivity index (χ0v) is 13.5. The summed E-state index contributed by atoms with van der Waals surface area (Å²) in [5.41, 5.74) is 7.57. The van der Waals surface area contributed by atoms with Crippen molar-refractivity contribution in [3.05, 3.63) is 63.4 Å². The van der Waals surface area contributed by atoms with Crippen molar-refractivity contribution in [1.29, 1.82) is 0 Å². The van der Waals surface area contributed by atoms with Gasteiger partial charge in [0.2, 0.25) is 0 Å². The minimum Gasteiger partial charge on any atom is -0.389 e. The number of halogens is 2. The van der Waals surface area contributed by atoms with Crippen molar-refractivity contribution < 1.29 is 9.18 Å². The Morgan fingerprint density at radius 1 is 1.29 bits per heavy atom. The van der Waals surface area contributed by atoms with Crippen LogP contribution in [0.2, 0.25) is 0 Å². The summed E-state index contributed by atoms with van der Waals surface area (Å²) >= 11 is 8.27. The summed E-state index contributed by atoms with van der Waals surface area (Å²) in [6.45, 7) is 1.72. The van der Waals surface area contributed by atoms with Crippen molar-refractivity contribution in [2.24, 2.45) is 5.73 Å². The van der Waals surface area contributed by atoms with E-state index in [4.69, 9.17) is 18.0 Å². The fraction of sp³-hybridized carbons (Fsp3) is 0.0667. The Labute approximate surface area is 135 Å². The SMILES string of the molecule is Cc1cc(F)cc(C(=O)Nc2cc(Br)ccc2C(N)=S)c1. The molecule has 2 rings (SSSR count). The standard InChI is InChI=1S/C15H12BrFN2OS/c1-8-4-9(6-11(17)5-8)15(20)19-13-7-10(16)2-3-12(13)14(18)21/h2-7H,1H3,(H2,18,21)(H,19,20). The number of thiocarbonyl (C=S) groups is 1. The van der Waals surface area contributed by atoms with Crippen molar-refractivity contribution in [2.45, 2.75) is 6.92 Å². The van der Waals surface area contributed by atoms with Gasteiger partial charge in [0, 0.05) is 15.6 Å². The fourth-order valence-corrected chi connectivity index (χ4v) is 2.44. The van der Waals surface area contributed by atoms with Crippen LogP contribution in [0.4, 0.5) is 10.1 Å². The maximum Gasteiger partial charge on any atom is 0.255 e. The number of nitrogens with two attached hydrogens (primary N) is 1. The fourth-order valence-electron chi connectivity index (χ4n) is 1.90. The molecule has 3 nitrogen and oxygen atoms in total. The number of rotatable bonds is 3. The summed E-state index contributed by atoms with van der Waals surface area (Å²) in [6, 6.07) is 9.32. The van der Waals surface area contributed by atoms with Crippen LogP contribution < -0.4 is 11.1 Å². The van der Waals surface area contributed by atoms with E-state index in [2.05, 4.69) is 21.2 Å². The number of aryl methyl sites for hydroxylation is 1. The summed E-state index contributed by atoms with van der Waals surface area (Å²) in [5.74, 6) is -0.878. The lowest BCUT2D eigenvalue weighted by molar-refractivity contribution is 0.102. The van der Waals surface area contributed by atoms with Gasteiger partial charge in [-0.2, -0.15) is 0 Å². The molecular weight excluding hydrogens is 355 g/mol. The van der Waals surface area contributed by atoms with Crippen LogP contribution in [-0.4, -0.2) is 10.9 Å². The Morgan fingerprint density at radius 3 is 2.62 bits per heavy atom. The monoisotopic (exact) mass is 366 g/mol. The van der Waals surface area contributed by atoms with E-state index in [1.807, 2.05) is 0 Å². The van der Waals surface area contributed by atoms with Crippen LogP contribution in [0, 0.1) is 12.7 Å². The molecule has 2 aromatic carbocycles. The number of amides is 1. The Bertz CT molecular complexity index is 713. The molecule has 0 aromatic heterocycles. The van der Waals surface area contributed by atoms with E-state index in [9.17, 15) is 9.18 Å². The normalized spacial score (nSPS) is 10.2. The number of hydrogen-bond donors (Lipinski definition) is 2. The molecule has 0 saturated heterocycles. The third-order valence-electron chi connectivity index (χ3n) is 2.80. The highest BCUT2D eigenvalue weighted by Gasteiger charge is 2.12. The van der Waals surface area contributed by atoms with Crippen LogP contribution in [-0.2, 0) is 0 Å². The summed E-state index contributed by atoms with van der Waals surface area (Å²) in [4.78, 5) is 12.4. The molecule has 0 aliphatic heterocycles. The Morgan fingerprint density at radius 2 is 2.00 bits per heavy atom. The number of benzene rings is 2. The van der Waals surface area contributed by atoms with Crippen molar-refractivity contribution in [1.82, 2.24) is 0 Å². The molecule has 0 atom stereocenters. The van der Waals surface area contributed by atoms with Gasteiger partial charge in [0.05, 0.1) is 5.69 Å². The molecule has 0 radical (unpaired) electrons. The number of nitrogens with one attached hydrogen (secondary N) is 1. The average molecular weight is 367 g/mol. The molecule has 0 spiro atoms. The van der Waals surface area contributed by atoms with Gasteiger partial charge in [0.15, 0.2) is 0 Å². The van der Waals surface area contributed by atoms with Crippen molar-refractivity contribution in [3.8, 4) is 0 Å². The van der Waals surface area contributed by atoms with Gasteiger partial charge in [0.25, 0.3) is 5.91 Å². The Hall–Kier alpha value is -1.79. The summed E-state index contributed by atoms with van der Waals surface area (Å²) in [7, 11) is 0. The maximum absolute atomic E-state index is 13.4. The molecule has 1 amide bonds. The first-order valence-electron chi connectivity index (χ1n) is 6.04. The second-order valence-corrected chi connectivity index (χ2v) is 5.88. The smallest absolute Gasteiger partial charge is 0.255 e. The summed E-state index contributed by atoms with van der Waals surface area (Å²) in [6.07, 6.45) is 0. The zero-order valence-electron chi connectivity index (χ0n) is 11.1. The molecule has 108 valence electrons. The molecule has 0 heterocycles. The molecule has 0 unspecified atom stereocenters. The van der Waals surface area contributed by atoms with Crippen LogP contribution >= 0.6 is 28.1 Å². The minimum atomic E-state index is -0.455. The predicted octanol–water partition coefficient (Wildman–Crippen LogP) is 3.78. The first-order chi connectivity index (χ1) is 9.86. The third kappa shape index (κ3) is 3.86. The topological polar surface area (TPSA) is 55.1 Å². The van der Waals surface area contributed by atoms with Gasteiger partial charge in [-0.05, 0) is 48.9 Å². The molecule has 0 aliphatic carbocycles. The van der Waals surface area contributed by atoms with Gasteiger partial charge < -0.3 is 11.1 Å². The Kier molecular flexibility index (Phi) is 4.69. The van der Waals surface area contributed by atoms with Gasteiger partial charge in [0.1, 0.15) is 10.8 Å². The molecule has 21 heavy (non-hydrogen) atoms. The molecular formula is C15H12BrFN2OS. The highest BCUT2D eigenvalue weighted by molar-refractivity contribution is 9.10. The quantitative estimate of drug-likeness (QED) is 0.812. The second kappa shape index (κ2) is 6.32. The minimum absolute atomic E-state index is 0.174. The van der Waals surface area contributed by atoms with Gasteiger partial charge in [-0.3, -0.25) is 4.79 Å². The first-order valence-corrected chi connectivity index (χ1v) is 7.25. The molecule has 2 aromatic rings. The Balaban J connectivity index is 2.35. The number of carbonyl (C=O) groups is 1. The van der Waals surface area contributed by atoms with Gasteiger partial charge >= 0.3 is 0 Å². The number of carbonyl (C=O) groups excluding carboxylic acids is 1. The lowest BCUT2D eigenvalue weighted by Gasteiger charge is -2.11. The van der Waals surface area contributed by atoms with E-state index in [1.165, 1.54) is 12.1 Å². The van der Waals surface area contributed by atoms with Crippen molar-refractivity contribution in [2.75, 3.05) is 5.32 Å². The predicted molar refractivity (Wildman–Crippen MR) is 89.1 cm³/mol. The van der Waals surface area contributed by atoms with Crippen molar-refractivity contribution in [3.63, 3.8) is 0 Å². The maximum atomic E-state index is 13.4. The van der Waals surface area contributed by atoms with E-state index in [0.717, 1.165) is 4.47 Å². The number of anilines is 1. The molecule has 6 heteroatoms. The number of hydrogen-bond acceptors (Lipinski definition) is 2. The lowest BCUT2D eigenvalue weighted by Crippen LogP contribution is -2.18. The van der Waals surface area contributed by atoms with Crippen molar-refractivity contribution >= 4 is 44.7 Å². The third-order valence-corrected chi connectivity index (χ3v) is 3.51. The van der Waals surface area contributed by atoms with E-state index >= 15 is 0 Å². The van der Waals surface area contributed by atoms with Gasteiger partial charge in [-0.15, -0.1) is 0 Å². The largest absolute Gasteiger partial charge is 0.389 e. The van der Waals surface area contributed by atoms with E-state index < -0.39 is 11.7 Å². The zero-order chi connectivity index (χ0) is 15.6. The first kappa shape index (κ1) is 15.6. The van der Waals surface area contributed by atoms with E-state index in [-0.39, 0.29) is 10.6 Å². The van der Waals surface area contributed by atoms with Gasteiger partial charge in [-0.25, -0.2) is 4.39 Å². The molecule has 0 saturated carbocycles. The average Bonchev–Trinajstić information content (AvgIpc) is 2.37. The molecule has 0 bridgehead atoms. The molecule has 0 aliphatic rings. The molecule has 3 N–H and O–H groups in total. The second-order valence-electron chi connectivity index (χ2n) is 4.53. The summed E-state index contributed by atoms with van der Waals surface area (Å²) < 4.78 is 14.1. The highest BCUT2D eigenvalue weighted by Crippen LogP contribution is 2.22. The van der Waals surface area contributed by atoms with Crippen LogP contribution in [0.15, 0.2) is 40.9 Å². The van der Waals surface area contributed by atoms with Crippen LogP contribution in [0.5, 0.6) is 0 Å². The van der Waals surface area contributed by atoms with Crippen LogP contribution in [0.1, 0.15) is 21.5 Å². The molecule has 0 fully saturated rings. The van der Waals surface area contributed by atoms with E-state index in [0.29, 0.717) is 16.8 Å². The van der Waals surface area contributed by atoms with Gasteiger partial charge in [-0.1, -0.05) is 28.1 Å².